The summed E-state index contributed by atoms with van der Waals surface area (Å²) in [7, 11) is 1.32. The quantitative estimate of drug-likeness (QED) is 0.654. The van der Waals surface area contributed by atoms with Gasteiger partial charge in [-0.05, 0) is 13.0 Å². The van der Waals surface area contributed by atoms with Gasteiger partial charge in [-0.3, -0.25) is 9.69 Å². The first-order chi connectivity index (χ1) is 11.4. The highest BCUT2D eigenvalue weighted by molar-refractivity contribution is 7.81. The highest BCUT2D eigenvalue weighted by Crippen LogP contribution is 2.40. The topological polar surface area (TPSA) is 91.0 Å². The average Bonchev–Trinajstić information content (AvgIpc) is 2.47. The Morgan fingerprint density at radius 3 is 2.52 bits per heavy atom. The molecule has 1 unspecified atom stereocenters. The number of anilines is 2. The predicted octanol–water partition coefficient (Wildman–Crippen LogP) is 1.93. The molecule has 1 atom stereocenters. The minimum atomic E-state index is -4.16. The molecule has 2 aliphatic heterocycles. The van der Waals surface area contributed by atoms with Crippen LogP contribution in [-0.2, 0) is 4.79 Å². The Hall–Kier alpha value is -2.63. The standard InChI is InChI=1S/C13H11F3N4O4S/c1-12(25)18-10(22)20(11(23)19(12)2)7-4-6-8(3-5(7)14)24-13(15,16)9(21)17-6/h3-4,25H,1-2H3,(H,17,21)(H,18,22). The van der Waals surface area contributed by atoms with E-state index in [1.165, 1.54) is 14.0 Å². The van der Waals surface area contributed by atoms with E-state index < -0.39 is 46.3 Å². The van der Waals surface area contributed by atoms with Crippen LogP contribution in [0.2, 0.25) is 0 Å². The van der Waals surface area contributed by atoms with Crippen molar-refractivity contribution in [3.05, 3.63) is 17.9 Å². The lowest BCUT2D eigenvalue weighted by Gasteiger charge is -2.43. The fourth-order valence-corrected chi connectivity index (χ4v) is 2.44. The van der Waals surface area contributed by atoms with Gasteiger partial charge in [0.1, 0.15) is 0 Å². The Kier molecular flexibility index (Phi) is 3.56. The number of hydrogen-bond donors (Lipinski definition) is 3. The zero-order valence-corrected chi connectivity index (χ0v) is 13.7. The first kappa shape index (κ1) is 17.2. The zero-order chi connectivity index (χ0) is 18.7. The van der Waals surface area contributed by atoms with Crippen LogP contribution < -0.4 is 20.3 Å². The van der Waals surface area contributed by atoms with Gasteiger partial charge >= 0.3 is 24.1 Å². The second-order valence-corrected chi connectivity index (χ2v) is 6.37. The lowest BCUT2D eigenvalue weighted by atomic mass is 10.2. The summed E-state index contributed by atoms with van der Waals surface area (Å²) in [4.78, 5) is 36.0. The van der Waals surface area contributed by atoms with Crippen molar-refractivity contribution in [2.24, 2.45) is 0 Å². The van der Waals surface area contributed by atoms with Crippen molar-refractivity contribution in [3.63, 3.8) is 0 Å². The monoisotopic (exact) mass is 376 g/mol. The summed E-state index contributed by atoms with van der Waals surface area (Å²) in [5, 5.41) is 4.20. The normalized spacial score (nSPS) is 25.1. The molecule has 0 aliphatic carbocycles. The van der Waals surface area contributed by atoms with E-state index in [-0.39, 0.29) is 5.69 Å². The first-order valence-corrected chi connectivity index (χ1v) is 7.23. The van der Waals surface area contributed by atoms with Crippen LogP contribution >= 0.6 is 12.6 Å². The maximum absolute atomic E-state index is 14.3. The van der Waals surface area contributed by atoms with Crippen LogP contribution in [0.5, 0.6) is 5.75 Å². The van der Waals surface area contributed by atoms with Crippen LogP contribution in [0, 0.1) is 5.82 Å². The van der Waals surface area contributed by atoms with Crippen LogP contribution in [0.3, 0.4) is 0 Å². The van der Waals surface area contributed by atoms with Gasteiger partial charge in [-0.2, -0.15) is 8.78 Å². The lowest BCUT2D eigenvalue weighted by Crippen LogP contribution is -2.68. The number of amides is 5. The molecule has 0 aromatic heterocycles. The van der Waals surface area contributed by atoms with Crippen molar-refractivity contribution >= 4 is 42.0 Å². The average molecular weight is 376 g/mol. The van der Waals surface area contributed by atoms with E-state index in [4.69, 9.17) is 0 Å². The van der Waals surface area contributed by atoms with Crippen LogP contribution in [0.15, 0.2) is 12.1 Å². The molecule has 5 amide bonds. The molecule has 3 rings (SSSR count). The summed E-state index contributed by atoms with van der Waals surface area (Å²) in [5.74, 6) is -3.57. The summed E-state index contributed by atoms with van der Waals surface area (Å²) in [6.45, 7) is 1.43. The number of nitrogens with zero attached hydrogens (tertiary/aromatic N) is 2. The highest BCUT2D eigenvalue weighted by atomic mass is 32.1. The molecule has 1 saturated heterocycles. The van der Waals surface area contributed by atoms with Gasteiger partial charge in [0.05, 0.1) is 11.4 Å². The molecule has 1 aromatic rings. The number of nitrogens with one attached hydrogen (secondary N) is 2. The van der Waals surface area contributed by atoms with Crippen LogP contribution in [0.1, 0.15) is 6.92 Å². The van der Waals surface area contributed by atoms with Crippen molar-refractivity contribution in [2.45, 2.75) is 18.0 Å². The number of thiol groups is 1. The molecule has 0 saturated carbocycles. The fraction of sp³-hybridized carbons (Fsp3) is 0.308. The number of halogens is 3. The minimum Gasteiger partial charge on any atom is -0.423 e. The Balaban J connectivity index is 2.05. The molecule has 25 heavy (non-hydrogen) atoms. The van der Waals surface area contributed by atoms with Crippen LogP contribution in [0.25, 0.3) is 0 Å². The number of rotatable bonds is 1. The molecule has 1 aromatic carbocycles. The molecule has 2 heterocycles. The third-order valence-corrected chi connectivity index (χ3v) is 4.13. The maximum Gasteiger partial charge on any atom is 0.482 e. The smallest absolute Gasteiger partial charge is 0.423 e. The Bertz CT molecular complexity index is 817. The van der Waals surface area contributed by atoms with Gasteiger partial charge < -0.3 is 15.4 Å². The highest BCUT2D eigenvalue weighted by Gasteiger charge is 2.48. The number of carbonyl (C=O) groups excluding carboxylic acids is 3. The summed E-state index contributed by atoms with van der Waals surface area (Å²) >= 11 is 4.11. The minimum absolute atomic E-state index is 0.310. The van der Waals surface area contributed by atoms with Gasteiger partial charge in [0, 0.05) is 13.1 Å². The summed E-state index contributed by atoms with van der Waals surface area (Å²) in [6.07, 6.45) is -4.16. The van der Waals surface area contributed by atoms with Gasteiger partial charge in [0.15, 0.2) is 16.6 Å². The molecule has 12 heteroatoms. The number of imide groups is 1. The maximum atomic E-state index is 14.3. The van der Waals surface area contributed by atoms with Crippen LogP contribution in [0.4, 0.5) is 34.1 Å². The van der Waals surface area contributed by atoms with Gasteiger partial charge in [-0.1, -0.05) is 0 Å². The molecule has 134 valence electrons. The molecule has 2 aliphatic rings. The van der Waals surface area contributed by atoms with Crippen molar-refractivity contribution in [1.82, 2.24) is 10.2 Å². The second-order valence-electron chi connectivity index (χ2n) is 5.50. The Labute approximate surface area is 144 Å². The Morgan fingerprint density at radius 1 is 1.24 bits per heavy atom. The molecule has 2 N–H and O–H groups in total. The molecule has 1 fully saturated rings. The van der Waals surface area contributed by atoms with Crippen molar-refractivity contribution in [1.29, 1.82) is 0 Å². The van der Waals surface area contributed by atoms with Crippen molar-refractivity contribution in [3.8, 4) is 5.75 Å². The van der Waals surface area contributed by atoms with E-state index in [0.29, 0.717) is 11.0 Å². The molecule has 0 radical (unpaired) electrons. The number of urea groups is 2. The van der Waals surface area contributed by atoms with Crippen molar-refractivity contribution < 1.29 is 32.3 Å². The van der Waals surface area contributed by atoms with E-state index in [9.17, 15) is 27.6 Å². The number of fused-ring (bicyclic) bond motifs is 1. The SMILES string of the molecule is CN1C(=O)N(c2cc3c(cc2F)OC(F)(F)C(=O)N3)C(=O)NC1(C)S. The molecule has 0 bridgehead atoms. The number of benzene rings is 1. The number of alkyl halides is 2. The van der Waals surface area contributed by atoms with E-state index in [1.807, 2.05) is 5.32 Å². The van der Waals surface area contributed by atoms with Gasteiger partial charge in [0.25, 0.3) is 0 Å². The third kappa shape index (κ3) is 2.62. The molecular weight excluding hydrogens is 365 g/mol. The fourth-order valence-electron chi connectivity index (χ4n) is 2.25. The van der Waals surface area contributed by atoms with E-state index >= 15 is 0 Å². The van der Waals surface area contributed by atoms with E-state index in [0.717, 1.165) is 11.0 Å². The summed E-state index contributed by atoms with van der Waals surface area (Å²) in [5.41, 5.74) is -0.860. The second kappa shape index (κ2) is 5.18. The summed E-state index contributed by atoms with van der Waals surface area (Å²) in [6, 6.07) is -0.487. The zero-order valence-electron chi connectivity index (χ0n) is 12.8. The van der Waals surface area contributed by atoms with E-state index in [2.05, 4.69) is 22.7 Å². The van der Waals surface area contributed by atoms with Gasteiger partial charge in [0.2, 0.25) is 0 Å². The number of carbonyl (C=O) groups is 3. The molecule has 8 nitrogen and oxygen atoms in total. The number of hydrogen-bond acceptors (Lipinski definition) is 5. The van der Waals surface area contributed by atoms with Gasteiger partial charge in [-0.25, -0.2) is 18.9 Å². The number of ether oxygens (including phenoxy) is 1. The van der Waals surface area contributed by atoms with E-state index in [1.54, 1.807) is 0 Å². The predicted molar refractivity (Wildman–Crippen MR) is 82.2 cm³/mol. The van der Waals surface area contributed by atoms with Gasteiger partial charge in [-0.15, -0.1) is 12.6 Å². The largest absolute Gasteiger partial charge is 0.482 e. The first-order valence-electron chi connectivity index (χ1n) is 6.78. The lowest BCUT2D eigenvalue weighted by molar-refractivity contribution is -0.189. The molecule has 0 spiro atoms. The molecular formula is C13H11F3N4O4S. The van der Waals surface area contributed by atoms with Crippen molar-refractivity contribution in [2.75, 3.05) is 17.3 Å². The third-order valence-electron chi connectivity index (χ3n) is 3.72. The van der Waals surface area contributed by atoms with Crippen LogP contribution in [-0.4, -0.2) is 41.0 Å². The Morgan fingerprint density at radius 2 is 1.88 bits per heavy atom. The summed E-state index contributed by atoms with van der Waals surface area (Å²) < 4.78 is 44.9.